The van der Waals surface area contributed by atoms with Crippen LogP contribution >= 0.6 is 0 Å². The molecule has 2 aliphatic rings. The van der Waals surface area contributed by atoms with E-state index in [1.807, 2.05) is 0 Å². The summed E-state index contributed by atoms with van der Waals surface area (Å²) in [6.45, 7) is 5.18. The van der Waals surface area contributed by atoms with Gasteiger partial charge in [0.05, 0.1) is 6.10 Å². The van der Waals surface area contributed by atoms with Gasteiger partial charge in [-0.25, -0.2) is 0 Å². The molecular formula is C12H23NO2. The lowest BCUT2D eigenvalue weighted by Gasteiger charge is -2.11. The second kappa shape index (κ2) is 6.46. The van der Waals surface area contributed by atoms with Gasteiger partial charge in [0.1, 0.15) is 0 Å². The number of nitrogens with one attached hydrogen (secondary N) is 1. The van der Waals surface area contributed by atoms with E-state index in [4.69, 9.17) is 9.47 Å². The van der Waals surface area contributed by atoms with Gasteiger partial charge in [0.2, 0.25) is 0 Å². The Labute approximate surface area is 92.5 Å². The van der Waals surface area contributed by atoms with Crippen LogP contribution in [0.4, 0.5) is 0 Å². The van der Waals surface area contributed by atoms with Crippen LogP contribution in [0.15, 0.2) is 0 Å². The molecule has 0 aliphatic carbocycles. The van der Waals surface area contributed by atoms with Gasteiger partial charge in [0.15, 0.2) is 0 Å². The minimum Gasteiger partial charge on any atom is -0.381 e. The SMILES string of the molecule is C1COC(CCNCCC2CCOC2)C1. The molecule has 2 heterocycles. The van der Waals surface area contributed by atoms with Gasteiger partial charge in [0.25, 0.3) is 0 Å². The van der Waals surface area contributed by atoms with Crippen molar-refractivity contribution in [2.45, 2.75) is 38.2 Å². The summed E-state index contributed by atoms with van der Waals surface area (Å²) in [5.74, 6) is 0.806. The molecule has 88 valence electrons. The van der Waals surface area contributed by atoms with Crippen molar-refractivity contribution in [2.75, 3.05) is 32.9 Å². The average Bonchev–Trinajstić information content (AvgIpc) is 2.88. The highest BCUT2D eigenvalue weighted by molar-refractivity contribution is 4.68. The molecule has 0 saturated carbocycles. The summed E-state index contributed by atoms with van der Waals surface area (Å²) in [6.07, 6.45) is 6.76. The standard InChI is InChI=1S/C12H23NO2/c1-2-12(15-8-1)4-7-13-6-3-11-5-9-14-10-11/h11-13H,1-10H2. The second-order valence-electron chi connectivity index (χ2n) is 4.69. The molecule has 0 aromatic heterocycles. The Bertz CT molecular complexity index is 145. The van der Waals surface area contributed by atoms with Gasteiger partial charge in [0, 0.05) is 19.8 Å². The lowest BCUT2D eigenvalue weighted by molar-refractivity contribution is 0.104. The molecule has 0 spiro atoms. The van der Waals surface area contributed by atoms with E-state index in [0.29, 0.717) is 6.10 Å². The van der Waals surface area contributed by atoms with Crippen LogP contribution in [-0.2, 0) is 9.47 Å². The second-order valence-corrected chi connectivity index (χ2v) is 4.69. The fourth-order valence-corrected chi connectivity index (χ4v) is 2.38. The van der Waals surface area contributed by atoms with Gasteiger partial charge < -0.3 is 14.8 Å². The summed E-state index contributed by atoms with van der Waals surface area (Å²) < 4.78 is 10.9. The zero-order valence-electron chi connectivity index (χ0n) is 9.54. The van der Waals surface area contributed by atoms with Gasteiger partial charge in [-0.1, -0.05) is 0 Å². The Morgan fingerprint density at radius 2 is 2.00 bits per heavy atom. The van der Waals surface area contributed by atoms with Crippen LogP contribution in [0.2, 0.25) is 0 Å². The predicted molar refractivity (Wildman–Crippen MR) is 60.0 cm³/mol. The van der Waals surface area contributed by atoms with Crippen molar-refractivity contribution in [3.05, 3.63) is 0 Å². The number of ether oxygens (including phenoxy) is 2. The van der Waals surface area contributed by atoms with Crippen molar-refractivity contribution in [2.24, 2.45) is 5.92 Å². The van der Waals surface area contributed by atoms with Crippen LogP contribution in [0.5, 0.6) is 0 Å². The first kappa shape index (κ1) is 11.4. The lowest BCUT2D eigenvalue weighted by Crippen LogP contribution is -2.22. The fraction of sp³-hybridized carbons (Fsp3) is 1.00. The Morgan fingerprint density at radius 1 is 1.07 bits per heavy atom. The summed E-state index contributed by atoms with van der Waals surface area (Å²) in [7, 11) is 0. The van der Waals surface area contributed by atoms with Crippen molar-refractivity contribution in [3.8, 4) is 0 Å². The van der Waals surface area contributed by atoms with E-state index in [1.54, 1.807) is 0 Å². The normalized spacial score (nSPS) is 31.2. The van der Waals surface area contributed by atoms with E-state index in [9.17, 15) is 0 Å². The summed E-state index contributed by atoms with van der Waals surface area (Å²) in [5.41, 5.74) is 0. The van der Waals surface area contributed by atoms with Gasteiger partial charge in [-0.05, 0) is 51.1 Å². The maximum absolute atomic E-state index is 5.57. The molecule has 15 heavy (non-hydrogen) atoms. The van der Waals surface area contributed by atoms with E-state index < -0.39 is 0 Å². The topological polar surface area (TPSA) is 30.5 Å². The molecule has 0 radical (unpaired) electrons. The van der Waals surface area contributed by atoms with Gasteiger partial charge in [-0.2, -0.15) is 0 Å². The summed E-state index contributed by atoms with van der Waals surface area (Å²) in [5, 5.41) is 3.50. The smallest absolute Gasteiger partial charge is 0.0588 e. The van der Waals surface area contributed by atoms with Crippen LogP contribution in [0.25, 0.3) is 0 Å². The fourth-order valence-electron chi connectivity index (χ4n) is 2.38. The molecule has 0 aromatic rings. The van der Waals surface area contributed by atoms with Crippen molar-refractivity contribution in [3.63, 3.8) is 0 Å². The summed E-state index contributed by atoms with van der Waals surface area (Å²) in [6, 6.07) is 0. The monoisotopic (exact) mass is 213 g/mol. The molecule has 3 nitrogen and oxygen atoms in total. The Morgan fingerprint density at radius 3 is 2.73 bits per heavy atom. The third-order valence-corrected chi connectivity index (χ3v) is 3.42. The predicted octanol–water partition coefficient (Wildman–Crippen LogP) is 1.57. The van der Waals surface area contributed by atoms with E-state index in [1.165, 1.54) is 32.1 Å². The molecule has 0 bridgehead atoms. The van der Waals surface area contributed by atoms with Crippen LogP contribution in [0.1, 0.15) is 32.1 Å². The highest BCUT2D eigenvalue weighted by Crippen LogP contribution is 2.16. The lowest BCUT2D eigenvalue weighted by atomic mass is 10.1. The largest absolute Gasteiger partial charge is 0.381 e. The molecule has 2 rings (SSSR count). The molecule has 2 saturated heterocycles. The third kappa shape index (κ3) is 4.09. The van der Waals surface area contributed by atoms with E-state index >= 15 is 0 Å². The Kier molecular flexibility index (Phi) is 4.90. The zero-order chi connectivity index (χ0) is 10.3. The van der Waals surface area contributed by atoms with E-state index in [0.717, 1.165) is 38.8 Å². The highest BCUT2D eigenvalue weighted by Gasteiger charge is 2.16. The van der Waals surface area contributed by atoms with Crippen LogP contribution < -0.4 is 5.32 Å². The summed E-state index contributed by atoms with van der Waals surface area (Å²) in [4.78, 5) is 0. The molecule has 0 amide bonds. The first-order valence-corrected chi connectivity index (χ1v) is 6.35. The van der Waals surface area contributed by atoms with Gasteiger partial charge >= 0.3 is 0 Å². The molecular weight excluding hydrogens is 190 g/mol. The Hall–Kier alpha value is -0.120. The van der Waals surface area contributed by atoms with E-state index in [2.05, 4.69) is 5.32 Å². The van der Waals surface area contributed by atoms with Gasteiger partial charge in [-0.3, -0.25) is 0 Å². The van der Waals surface area contributed by atoms with Crippen molar-refractivity contribution in [1.82, 2.24) is 5.32 Å². The van der Waals surface area contributed by atoms with Crippen molar-refractivity contribution >= 4 is 0 Å². The molecule has 0 aromatic carbocycles. The number of hydrogen-bond acceptors (Lipinski definition) is 3. The molecule has 2 aliphatic heterocycles. The van der Waals surface area contributed by atoms with Crippen molar-refractivity contribution in [1.29, 1.82) is 0 Å². The van der Waals surface area contributed by atoms with Gasteiger partial charge in [-0.15, -0.1) is 0 Å². The maximum atomic E-state index is 5.57. The first-order valence-electron chi connectivity index (χ1n) is 6.35. The molecule has 2 fully saturated rings. The minimum absolute atomic E-state index is 0.535. The first-order chi connectivity index (χ1) is 7.45. The third-order valence-electron chi connectivity index (χ3n) is 3.42. The van der Waals surface area contributed by atoms with Crippen LogP contribution in [0.3, 0.4) is 0 Å². The maximum Gasteiger partial charge on any atom is 0.0588 e. The highest BCUT2D eigenvalue weighted by atomic mass is 16.5. The molecule has 2 unspecified atom stereocenters. The molecule has 2 atom stereocenters. The molecule has 1 N–H and O–H groups in total. The van der Waals surface area contributed by atoms with Crippen LogP contribution in [0, 0.1) is 5.92 Å². The molecule has 3 heteroatoms. The Balaban J connectivity index is 1.41. The quantitative estimate of drug-likeness (QED) is 0.679. The minimum atomic E-state index is 0.535. The number of hydrogen-bond donors (Lipinski definition) is 1. The average molecular weight is 213 g/mol. The summed E-state index contributed by atoms with van der Waals surface area (Å²) >= 11 is 0. The number of rotatable bonds is 6. The zero-order valence-corrected chi connectivity index (χ0v) is 9.54. The van der Waals surface area contributed by atoms with Crippen LogP contribution in [-0.4, -0.2) is 39.0 Å². The van der Waals surface area contributed by atoms with Crippen molar-refractivity contribution < 1.29 is 9.47 Å². The van der Waals surface area contributed by atoms with E-state index in [-0.39, 0.29) is 0 Å².